The third-order valence-electron chi connectivity index (χ3n) is 3.77. The zero-order chi connectivity index (χ0) is 18.6. The van der Waals surface area contributed by atoms with Crippen LogP contribution < -0.4 is 5.32 Å². The molecule has 25 heavy (non-hydrogen) atoms. The highest BCUT2D eigenvalue weighted by Gasteiger charge is 2.26. The van der Waals surface area contributed by atoms with Crippen molar-refractivity contribution < 1.29 is 22.5 Å². The minimum Gasteiger partial charge on any atom is -0.360 e. The van der Waals surface area contributed by atoms with Gasteiger partial charge in [0.1, 0.15) is 5.76 Å². The summed E-state index contributed by atoms with van der Waals surface area (Å²) >= 11 is 0. The number of aromatic nitrogens is 1. The van der Waals surface area contributed by atoms with E-state index in [1.54, 1.807) is 29.8 Å². The van der Waals surface area contributed by atoms with E-state index in [0.717, 1.165) is 6.26 Å². The molecule has 1 aromatic rings. The number of hydrogen-bond donors (Lipinski definition) is 1. The molecule has 1 N–H and O–H groups in total. The first-order valence-electron chi connectivity index (χ1n) is 7.80. The predicted molar refractivity (Wildman–Crippen MR) is 90.4 cm³/mol. The highest BCUT2D eigenvalue weighted by molar-refractivity contribution is 7.88. The Hall–Kier alpha value is -1.98. The Morgan fingerprint density at radius 3 is 2.44 bits per heavy atom. The molecule has 140 valence electrons. The summed E-state index contributed by atoms with van der Waals surface area (Å²) in [7, 11) is -1.56. The van der Waals surface area contributed by atoms with Crippen LogP contribution >= 0.6 is 0 Å². The molecule has 10 nitrogen and oxygen atoms in total. The molecule has 0 unspecified atom stereocenters. The number of amides is 2. The van der Waals surface area contributed by atoms with E-state index in [-0.39, 0.29) is 24.9 Å². The van der Waals surface area contributed by atoms with Crippen LogP contribution in [0.1, 0.15) is 5.76 Å². The fourth-order valence-corrected chi connectivity index (χ4v) is 3.34. The van der Waals surface area contributed by atoms with Gasteiger partial charge in [-0.1, -0.05) is 5.16 Å². The summed E-state index contributed by atoms with van der Waals surface area (Å²) in [6, 6.07) is 1.60. The van der Waals surface area contributed by atoms with Crippen molar-refractivity contribution in [3.63, 3.8) is 0 Å². The third kappa shape index (κ3) is 5.80. The third-order valence-corrected chi connectivity index (χ3v) is 5.08. The van der Waals surface area contributed by atoms with E-state index < -0.39 is 10.0 Å². The fourth-order valence-electron chi connectivity index (χ4n) is 2.51. The number of rotatable bonds is 6. The maximum Gasteiger partial charge on any atom is 0.239 e. The summed E-state index contributed by atoms with van der Waals surface area (Å²) in [5, 5.41) is 6.26. The van der Waals surface area contributed by atoms with Gasteiger partial charge in [0.05, 0.1) is 19.3 Å². The lowest BCUT2D eigenvalue weighted by molar-refractivity contribution is -0.133. The first-order chi connectivity index (χ1) is 11.6. The van der Waals surface area contributed by atoms with Crippen molar-refractivity contribution in [1.29, 1.82) is 0 Å². The van der Waals surface area contributed by atoms with Gasteiger partial charge in [0.25, 0.3) is 0 Å². The molecule has 2 heterocycles. The van der Waals surface area contributed by atoms with Gasteiger partial charge in [-0.25, -0.2) is 8.42 Å². The van der Waals surface area contributed by atoms with Gasteiger partial charge in [0.15, 0.2) is 5.82 Å². The molecule has 0 radical (unpaired) electrons. The Morgan fingerprint density at radius 2 is 1.92 bits per heavy atom. The Labute approximate surface area is 146 Å². The van der Waals surface area contributed by atoms with Crippen molar-refractivity contribution in [2.75, 3.05) is 57.9 Å². The second-order valence-corrected chi connectivity index (χ2v) is 8.07. The number of carbonyl (C=O) groups excluding carboxylic acids is 2. The zero-order valence-corrected chi connectivity index (χ0v) is 15.4. The van der Waals surface area contributed by atoms with E-state index in [2.05, 4.69) is 10.5 Å². The standard InChI is InChI=1S/C14H23N5O5S/c1-11-8-12(16-24-11)15-13(20)9-17(2)10-14(21)18-4-6-19(7-5-18)25(3,22)23/h8H,4-7,9-10H2,1-3H3,(H,15,16,20). The summed E-state index contributed by atoms with van der Waals surface area (Å²) in [5.41, 5.74) is 0. The number of nitrogens with one attached hydrogen (secondary N) is 1. The highest BCUT2D eigenvalue weighted by Crippen LogP contribution is 2.08. The number of carbonyl (C=O) groups is 2. The maximum absolute atomic E-state index is 12.3. The SMILES string of the molecule is Cc1cc(NC(=O)CN(C)CC(=O)N2CCN(S(C)(=O)=O)CC2)no1. The highest BCUT2D eigenvalue weighted by atomic mass is 32.2. The molecule has 1 fully saturated rings. The van der Waals surface area contributed by atoms with Gasteiger partial charge < -0.3 is 14.7 Å². The summed E-state index contributed by atoms with van der Waals surface area (Å²) in [4.78, 5) is 27.4. The number of aryl methyl sites for hydroxylation is 1. The van der Waals surface area contributed by atoms with E-state index in [1.165, 1.54) is 4.31 Å². The van der Waals surface area contributed by atoms with Crippen LogP contribution in [0.3, 0.4) is 0 Å². The Bertz CT molecular complexity index is 724. The summed E-state index contributed by atoms with van der Waals surface area (Å²) < 4.78 is 29.2. The minimum absolute atomic E-state index is 0.0287. The lowest BCUT2D eigenvalue weighted by Gasteiger charge is -2.34. The van der Waals surface area contributed by atoms with Gasteiger partial charge >= 0.3 is 0 Å². The summed E-state index contributed by atoms with van der Waals surface area (Å²) in [6.07, 6.45) is 1.16. The lowest BCUT2D eigenvalue weighted by atomic mass is 10.3. The Morgan fingerprint density at radius 1 is 1.28 bits per heavy atom. The van der Waals surface area contributed by atoms with Gasteiger partial charge in [-0.3, -0.25) is 14.5 Å². The van der Waals surface area contributed by atoms with E-state index in [9.17, 15) is 18.0 Å². The molecule has 1 aromatic heterocycles. The Balaban J connectivity index is 1.75. The number of anilines is 1. The largest absolute Gasteiger partial charge is 0.360 e. The van der Waals surface area contributed by atoms with E-state index in [1.807, 2.05) is 0 Å². The minimum atomic E-state index is -3.22. The molecule has 2 amide bonds. The molecule has 0 aliphatic carbocycles. The van der Waals surface area contributed by atoms with E-state index in [4.69, 9.17) is 4.52 Å². The predicted octanol–water partition coefficient (Wildman–Crippen LogP) is -1.04. The van der Waals surface area contributed by atoms with Gasteiger partial charge in [0.2, 0.25) is 21.8 Å². The van der Waals surface area contributed by atoms with Crippen LogP contribution in [0, 0.1) is 6.92 Å². The van der Waals surface area contributed by atoms with Crippen molar-refractivity contribution in [1.82, 2.24) is 19.3 Å². The molecule has 2 rings (SSSR count). The number of nitrogens with zero attached hydrogens (tertiary/aromatic N) is 4. The average molecular weight is 373 g/mol. The topological polar surface area (TPSA) is 116 Å². The zero-order valence-electron chi connectivity index (χ0n) is 14.6. The van der Waals surface area contributed by atoms with Crippen LogP contribution in [0.15, 0.2) is 10.6 Å². The molecule has 0 spiro atoms. The summed E-state index contributed by atoms with van der Waals surface area (Å²) in [6.45, 7) is 3.11. The number of hydrogen-bond acceptors (Lipinski definition) is 7. The smallest absolute Gasteiger partial charge is 0.239 e. The van der Waals surface area contributed by atoms with Crippen LogP contribution in [-0.4, -0.2) is 92.1 Å². The first kappa shape index (κ1) is 19.3. The monoisotopic (exact) mass is 373 g/mol. The van der Waals surface area contributed by atoms with Crippen LogP contribution in [0.5, 0.6) is 0 Å². The second kappa shape index (κ2) is 7.93. The summed E-state index contributed by atoms with van der Waals surface area (Å²) in [5.74, 6) is 0.484. The van der Waals surface area contributed by atoms with Crippen molar-refractivity contribution >= 4 is 27.7 Å². The van der Waals surface area contributed by atoms with Crippen LogP contribution in [0.2, 0.25) is 0 Å². The quantitative estimate of drug-likeness (QED) is 0.677. The molecule has 1 saturated heterocycles. The lowest BCUT2D eigenvalue weighted by Crippen LogP contribution is -2.52. The molecule has 0 bridgehead atoms. The van der Waals surface area contributed by atoms with Crippen molar-refractivity contribution in [3.8, 4) is 0 Å². The maximum atomic E-state index is 12.3. The van der Waals surface area contributed by atoms with Crippen LogP contribution in [0.25, 0.3) is 0 Å². The number of likely N-dealkylation sites (N-methyl/N-ethyl adjacent to an activating group) is 1. The van der Waals surface area contributed by atoms with E-state index in [0.29, 0.717) is 37.8 Å². The molecule has 0 atom stereocenters. The molecule has 11 heteroatoms. The molecular formula is C14H23N5O5S. The molecule has 1 aliphatic heterocycles. The van der Waals surface area contributed by atoms with Crippen LogP contribution in [0.4, 0.5) is 5.82 Å². The fraction of sp³-hybridized carbons (Fsp3) is 0.643. The average Bonchev–Trinajstić information content (AvgIpc) is 2.91. The number of sulfonamides is 1. The molecular weight excluding hydrogens is 350 g/mol. The van der Waals surface area contributed by atoms with Gasteiger partial charge in [-0.2, -0.15) is 4.31 Å². The number of piperazine rings is 1. The van der Waals surface area contributed by atoms with Crippen molar-refractivity contribution in [3.05, 3.63) is 11.8 Å². The molecule has 0 aromatic carbocycles. The van der Waals surface area contributed by atoms with Gasteiger partial charge in [-0.05, 0) is 14.0 Å². The Kier molecular flexibility index (Phi) is 6.14. The van der Waals surface area contributed by atoms with E-state index >= 15 is 0 Å². The molecule has 1 aliphatic rings. The normalized spacial score (nSPS) is 16.2. The second-order valence-electron chi connectivity index (χ2n) is 6.09. The van der Waals surface area contributed by atoms with Gasteiger partial charge in [0, 0.05) is 32.2 Å². The first-order valence-corrected chi connectivity index (χ1v) is 9.64. The van der Waals surface area contributed by atoms with Crippen molar-refractivity contribution in [2.45, 2.75) is 6.92 Å². The van der Waals surface area contributed by atoms with Gasteiger partial charge in [-0.15, -0.1) is 0 Å². The van der Waals surface area contributed by atoms with Crippen LogP contribution in [-0.2, 0) is 19.6 Å². The van der Waals surface area contributed by atoms with Crippen molar-refractivity contribution in [2.24, 2.45) is 0 Å². The molecule has 0 saturated carbocycles.